The van der Waals surface area contributed by atoms with Crippen molar-refractivity contribution in [1.82, 2.24) is 0 Å². The van der Waals surface area contributed by atoms with E-state index in [0.717, 1.165) is 23.5 Å². The topological polar surface area (TPSA) is 137 Å². The van der Waals surface area contributed by atoms with Crippen molar-refractivity contribution in [3.05, 3.63) is 104 Å². The predicted molar refractivity (Wildman–Crippen MR) is 153 cm³/mol. The highest BCUT2D eigenvalue weighted by Crippen LogP contribution is 2.48. The number of nitro benzene ring substituents is 2. The first kappa shape index (κ1) is 27.0. The van der Waals surface area contributed by atoms with Crippen molar-refractivity contribution in [2.75, 3.05) is 0 Å². The van der Waals surface area contributed by atoms with Crippen molar-refractivity contribution in [1.29, 1.82) is 0 Å². The third-order valence-corrected chi connectivity index (χ3v) is 7.87. The number of nitro groups is 2. The van der Waals surface area contributed by atoms with E-state index in [1.807, 2.05) is 0 Å². The molecule has 0 fully saturated rings. The van der Waals surface area contributed by atoms with E-state index >= 15 is 0 Å². The molecule has 0 atom stereocenters. The first-order chi connectivity index (χ1) is 19.0. The summed E-state index contributed by atoms with van der Waals surface area (Å²) >= 11 is 2.08. The largest absolute Gasteiger partial charge is 0.289 e. The lowest BCUT2D eigenvalue weighted by Gasteiger charge is -2.09. The average Bonchev–Trinajstić information content (AvgIpc) is 3.18. The molecule has 40 heavy (non-hydrogen) atoms. The molecule has 198 valence electrons. The molecular formula is C29H18N2O7S2. The molecular weight excluding hydrogens is 552 g/mol. The van der Waals surface area contributed by atoms with E-state index in [4.69, 9.17) is 0 Å². The van der Waals surface area contributed by atoms with Crippen LogP contribution in [0.4, 0.5) is 11.4 Å². The fourth-order valence-corrected chi connectivity index (χ4v) is 5.87. The zero-order valence-electron chi connectivity index (χ0n) is 21.0. The van der Waals surface area contributed by atoms with Gasteiger partial charge in [-0.25, -0.2) is 0 Å². The van der Waals surface area contributed by atoms with Crippen molar-refractivity contribution in [3.63, 3.8) is 0 Å². The Hall–Kier alpha value is -4.61. The van der Waals surface area contributed by atoms with Crippen molar-refractivity contribution >= 4 is 50.9 Å². The molecule has 4 aromatic rings. The number of ketones is 1. The molecule has 9 nitrogen and oxygen atoms in total. The van der Waals surface area contributed by atoms with Crippen LogP contribution in [-0.2, 0) is 9.59 Å². The molecule has 0 saturated carbocycles. The van der Waals surface area contributed by atoms with Crippen LogP contribution in [0.2, 0.25) is 0 Å². The number of fused-ring (bicyclic) bond motifs is 3. The van der Waals surface area contributed by atoms with Gasteiger partial charge in [0.25, 0.3) is 11.4 Å². The summed E-state index contributed by atoms with van der Waals surface area (Å²) in [4.78, 5) is 60.8. The Labute approximate surface area is 235 Å². The molecule has 0 aliphatic heterocycles. The molecule has 0 unspecified atom stereocenters. The van der Waals surface area contributed by atoms with Gasteiger partial charge in [-0.2, -0.15) is 0 Å². The Kier molecular flexibility index (Phi) is 7.09. The number of carbonyl (C=O) groups is 3. The minimum Gasteiger partial charge on any atom is -0.289 e. The van der Waals surface area contributed by atoms with Gasteiger partial charge in [0.15, 0.2) is 16.0 Å². The third kappa shape index (κ3) is 5.04. The van der Waals surface area contributed by atoms with Crippen LogP contribution in [0.1, 0.15) is 29.8 Å². The number of benzene rings is 4. The summed E-state index contributed by atoms with van der Waals surface area (Å²) in [5, 5.41) is 24.0. The lowest BCUT2D eigenvalue weighted by atomic mass is 9.95. The van der Waals surface area contributed by atoms with Crippen LogP contribution in [0.25, 0.3) is 33.4 Å². The number of nitrogens with zero attached hydrogens (tertiary/aromatic N) is 2. The summed E-state index contributed by atoms with van der Waals surface area (Å²) < 4.78 is 0. The zero-order chi connectivity index (χ0) is 28.7. The highest BCUT2D eigenvalue weighted by Gasteiger charge is 2.37. The molecule has 0 heterocycles. The van der Waals surface area contributed by atoms with E-state index in [9.17, 15) is 34.6 Å². The van der Waals surface area contributed by atoms with Crippen LogP contribution in [0.15, 0.2) is 82.6 Å². The molecule has 5 rings (SSSR count). The van der Waals surface area contributed by atoms with Gasteiger partial charge in [0, 0.05) is 52.5 Å². The van der Waals surface area contributed by atoms with Crippen LogP contribution >= 0.6 is 23.5 Å². The standard InChI is InChI=1S/C29H18N2O7S2/c1-15(32)39-20-7-3-17(4-8-20)19-11-25-28(27(12-19)31(37)38)23-14-26(30(35)36)22(13-24(23)29(25)34)18-5-9-21(10-6-18)40-16(2)33/h3-14H,1-2H3. The van der Waals surface area contributed by atoms with Crippen LogP contribution in [-0.4, -0.2) is 25.9 Å². The normalized spacial score (nSPS) is 11.6. The highest BCUT2D eigenvalue weighted by atomic mass is 32.2. The van der Waals surface area contributed by atoms with Gasteiger partial charge in [0.2, 0.25) is 0 Å². The van der Waals surface area contributed by atoms with Crippen molar-refractivity contribution in [3.8, 4) is 33.4 Å². The fraction of sp³-hybridized carbons (Fsp3) is 0.0690. The summed E-state index contributed by atoms with van der Waals surface area (Å²) in [5.41, 5.74) is 1.43. The number of hydrogen-bond acceptors (Lipinski definition) is 9. The molecule has 1 aliphatic rings. The Bertz CT molecular complexity index is 1770. The summed E-state index contributed by atoms with van der Waals surface area (Å²) in [5.74, 6) is -0.474. The maximum absolute atomic E-state index is 13.6. The van der Waals surface area contributed by atoms with Crippen molar-refractivity contribution in [2.24, 2.45) is 0 Å². The molecule has 0 bridgehead atoms. The first-order valence-corrected chi connectivity index (χ1v) is 13.4. The van der Waals surface area contributed by atoms with E-state index in [1.54, 1.807) is 54.6 Å². The summed E-state index contributed by atoms with van der Waals surface area (Å²) in [7, 11) is 0. The minimum atomic E-state index is -0.601. The summed E-state index contributed by atoms with van der Waals surface area (Å²) in [6.07, 6.45) is 0. The molecule has 0 amide bonds. The van der Waals surface area contributed by atoms with E-state index in [2.05, 4.69) is 0 Å². The Balaban J connectivity index is 1.64. The summed E-state index contributed by atoms with van der Waals surface area (Å²) in [6.45, 7) is 2.88. The highest BCUT2D eigenvalue weighted by molar-refractivity contribution is 8.13. The molecule has 1 aliphatic carbocycles. The first-order valence-electron chi connectivity index (χ1n) is 11.8. The van der Waals surface area contributed by atoms with Gasteiger partial charge < -0.3 is 0 Å². The van der Waals surface area contributed by atoms with Crippen LogP contribution < -0.4 is 0 Å². The minimum absolute atomic E-state index is 0.0420. The number of rotatable bonds is 6. The second kappa shape index (κ2) is 10.5. The van der Waals surface area contributed by atoms with E-state index in [-0.39, 0.29) is 49.4 Å². The fourth-order valence-electron chi connectivity index (χ4n) is 4.66. The average molecular weight is 571 g/mol. The maximum atomic E-state index is 13.6. The Morgan fingerprint density at radius 1 is 0.600 bits per heavy atom. The van der Waals surface area contributed by atoms with Crippen LogP contribution in [0.3, 0.4) is 0 Å². The molecule has 0 N–H and O–H groups in total. The molecule has 4 aromatic carbocycles. The van der Waals surface area contributed by atoms with E-state index in [1.165, 1.54) is 32.0 Å². The predicted octanol–water partition coefficient (Wildman–Crippen LogP) is 7.33. The smallest absolute Gasteiger partial charge is 0.278 e. The van der Waals surface area contributed by atoms with E-state index < -0.39 is 15.6 Å². The van der Waals surface area contributed by atoms with Crippen molar-refractivity contribution < 1.29 is 24.2 Å². The van der Waals surface area contributed by atoms with Gasteiger partial charge in [-0.1, -0.05) is 47.8 Å². The monoisotopic (exact) mass is 570 g/mol. The second-order valence-corrected chi connectivity index (χ2v) is 11.4. The molecule has 0 saturated heterocycles. The quantitative estimate of drug-likeness (QED) is 0.117. The maximum Gasteiger partial charge on any atom is 0.278 e. The van der Waals surface area contributed by atoms with Gasteiger partial charge in [0.1, 0.15) is 0 Å². The third-order valence-electron chi connectivity index (χ3n) is 6.28. The van der Waals surface area contributed by atoms with Crippen molar-refractivity contribution in [2.45, 2.75) is 23.6 Å². The summed E-state index contributed by atoms with van der Waals surface area (Å²) in [6, 6.07) is 18.9. The van der Waals surface area contributed by atoms with Gasteiger partial charge >= 0.3 is 0 Å². The van der Waals surface area contributed by atoms with Crippen LogP contribution in [0, 0.1) is 20.2 Å². The van der Waals surface area contributed by atoms with Gasteiger partial charge in [0.05, 0.1) is 21.0 Å². The van der Waals surface area contributed by atoms with Gasteiger partial charge in [-0.3, -0.25) is 34.6 Å². The lowest BCUT2D eigenvalue weighted by molar-refractivity contribution is -0.384. The Morgan fingerprint density at radius 3 is 1.62 bits per heavy atom. The number of carbonyl (C=O) groups excluding carboxylic acids is 3. The van der Waals surface area contributed by atoms with Gasteiger partial charge in [-0.05, 0) is 53.1 Å². The molecule has 0 spiro atoms. The zero-order valence-corrected chi connectivity index (χ0v) is 22.6. The lowest BCUT2D eigenvalue weighted by Crippen LogP contribution is -1.99. The van der Waals surface area contributed by atoms with Gasteiger partial charge in [-0.15, -0.1) is 0 Å². The number of thioether (sulfide) groups is 2. The van der Waals surface area contributed by atoms with E-state index in [0.29, 0.717) is 26.5 Å². The van der Waals surface area contributed by atoms with Crippen LogP contribution in [0.5, 0.6) is 0 Å². The number of hydrogen-bond donors (Lipinski definition) is 0. The molecule has 0 aromatic heterocycles. The second-order valence-electron chi connectivity index (χ2n) is 8.91. The molecule has 11 heteroatoms. The Morgan fingerprint density at radius 2 is 1.12 bits per heavy atom. The SMILES string of the molecule is CC(=O)Sc1ccc(-c2cc3c(c([N+](=O)[O-])c2)-c2cc([N+](=O)[O-])c(-c4ccc(SC(C)=O)cc4)cc2C3=O)cc1. The molecule has 0 radical (unpaired) electrons.